The van der Waals surface area contributed by atoms with Crippen molar-refractivity contribution < 1.29 is 4.74 Å². The predicted octanol–water partition coefficient (Wildman–Crippen LogP) is 3.11. The maximum Gasteiger partial charge on any atom is 0.162 e. The standard InChI is InChI=1S/C20H28N4O/c1-15(2)24-10-8-17(9-11-24)21-12-16-13-22-20(23-14-16)18-6-4-5-7-19(18)25-3/h4-7,13-15,17,21H,8-12H2,1-3H3. The highest BCUT2D eigenvalue weighted by molar-refractivity contribution is 5.63. The summed E-state index contributed by atoms with van der Waals surface area (Å²) >= 11 is 0. The molecule has 1 aromatic heterocycles. The maximum absolute atomic E-state index is 5.39. The van der Waals surface area contributed by atoms with Crippen molar-refractivity contribution in [1.29, 1.82) is 0 Å². The number of rotatable bonds is 6. The molecule has 25 heavy (non-hydrogen) atoms. The molecule has 1 N–H and O–H groups in total. The summed E-state index contributed by atoms with van der Waals surface area (Å²) in [5, 5.41) is 3.65. The molecule has 5 nitrogen and oxygen atoms in total. The normalized spacial score (nSPS) is 16.3. The van der Waals surface area contributed by atoms with Crippen molar-refractivity contribution in [1.82, 2.24) is 20.2 Å². The molecule has 0 unspecified atom stereocenters. The van der Waals surface area contributed by atoms with Gasteiger partial charge in [-0.2, -0.15) is 0 Å². The fourth-order valence-electron chi connectivity index (χ4n) is 3.30. The van der Waals surface area contributed by atoms with E-state index in [0.29, 0.717) is 17.9 Å². The average molecular weight is 340 g/mol. The summed E-state index contributed by atoms with van der Waals surface area (Å²) in [6, 6.07) is 9.07. The largest absolute Gasteiger partial charge is 0.496 e. The second kappa shape index (κ2) is 8.41. The minimum atomic E-state index is 0.587. The van der Waals surface area contributed by atoms with Crippen LogP contribution in [0.3, 0.4) is 0 Å². The quantitative estimate of drug-likeness (QED) is 0.876. The Morgan fingerprint density at radius 2 is 1.84 bits per heavy atom. The lowest BCUT2D eigenvalue weighted by atomic mass is 10.0. The molecule has 1 aliphatic heterocycles. The molecule has 1 aliphatic rings. The van der Waals surface area contributed by atoms with Crippen molar-refractivity contribution in [3.8, 4) is 17.1 Å². The van der Waals surface area contributed by atoms with Crippen molar-refractivity contribution in [2.45, 2.75) is 45.3 Å². The SMILES string of the molecule is COc1ccccc1-c1ncc(CNC2CCN(C(C)C)CC2)cn1. The zero-order valence-corrected chi connectivity index (χ0v) is 15.4. The second-order valence-electron chi connectivity index (χ2n) is 6.90. The molecule has 134 valence electrons. The van der Waals surface area contributed by atoms with E-state index < -0.39 is 0 Å². The van der Waals surface area contributed by atoms with E-state index in [1.165, 1.54) is 25.9 Å². The molecule has 0 bridgehead atoms. The van der Waals surface area contributed by atoms with Gasteiger partial charge in [-0.05, 0) is 51.9 Å². The summed E-state index contributed by atoms with van der Waals surface area (Å²) in [6.45, 7) is 7.72. The molecule has 0 aliphatic carbocycles. The lowest BCUT2D eigenvalue weighted by molar-refractivity contribution is 0.161. The number of nitrogens with one attached hydrogen (secondary N) is 1. The Morgan fingerprint density at radius 3 is 2.48 bits per heavy atom. The minimum Gasteiger partial charge on any atom is -0.496 e. The van der Waals surface area contributed by atoms with Crippen LogP contribution < -0.4 is 10.1 Å². The van der Waals surface area contributed by atoms with Crippen LogP contribution in [0.2, 0.25) is 0 Å². The van der Waals surface area contributed by atoms with Crippen LogP contribution in [-0.4, -0.2) is 47.2 Å². The van der Waals surface area contributed by atoms with Crippen molar-refractivity contribution in [3.05, 3.63) is 42.2 Å². The van der Waals surface area contributed by atoms with E-state index in [1.807, 2.05) is 36.7 Å². The summed E-state index contributed by atoms with van der Waals surface area (Å²) in [5.74, 6) is 1.50. The van der Waals surface area contributed by atoms with E-state index in [4.69, 9.17) is 4.74 Å². The molecule has 0 atom stereocenters. The van der Waals surface area contributed by atoms with E-state index in [-0.39, 0.29) is 0 Å². The summed E-state index contributed by atoms with van der Waals surface area (Å²) in [4.78, 5) is 11.6. The number of methoxy groups -OCH3 is 1. The Morgan fingerprint density at radius 1 is 1.16 bits per heavy atom. The number of aromatic nitrogens is 2. The third-order valence-electron chi connectivity index (χ3n) is 4.91. The maximum atomic E-state index is 5.39. The summed E-state index contributed by atoms with van der Waals surface area (Å²) < 4.78 is 5.39. The number of piperidine rings is 1. The molecule has 1 aromatic carbocycles. The molecule has 1 fully saturated rings. The molecular weight excluding hydrogens is 312 g/mol. The first kappa shape index (κ1) is 17.8. The van der Waals surface area contributed by atoms with Gasteiger partial charge in [-0.15, -0.1) is 0 Å². The van der Waals surface area contributed by atoms with Crippen LogP contribution in [0.4, 0.5) is 0 Å². The molecule has 0 saturated carbocycles. The van der Waals surface area contributed by atoms with Crippen molar-refractivity contribution in [2.24, 2.45) is 0 Å². The Balaban J connectivity index is 1.55. The number of benzene rings is 1. The van der Waals surface area contributed by atoms with Crippen LogP contribution in [0.5, 0.6) is 5.75 Å². The van der Waals surface area contributed by atoms with E-state index >= 15 is 0 Å². The molecule has 0 spiro atoms. The predicted molar refractivity (Wildman–Crippen MR) is 101 cm³/mol. The Hall–Kier alpha value is -1.98. The second-order valence-corrected chi connectivity index (χ2v) is 6.90. The topological polar surface area (TPSA) is 50.3 Å². The lowest BCUT2D eigenvalue weighted by Crippen LogP contribution is -2.44. The van der Waals surface area contributed by atoms with Gasteiger partial charge >= 0.3 is 0 Å². The highest BCUT2D eigenvalue weighted by Crippen LogP contribution is 2.26. The Bertz CT molecular complexity index is 664. The smallest absolute Gasteiger partial charge is 0.162 e. The van der Waals surface area contributed by atoms with Crippen LogP contribution in [-0.2, 0) is 6.54 Å². The van der Waals surface area contributed by atoms with Crippen LogP contribution in [0.1, 0.15) is 32.3 Å². The van der Waals surface area contributed by atoms with Crippen molar-refractivity contribution >= 4 is 0 Å². The molecule has 2 heterocycles. The van der Waals surface area contributed by atoms with Crippen molar-refractivity contribution in [2.75, 3.05) is 20.2 Å². The fourth-order valence-corrected chi connectivity index (χ4v) is 3.30. The molecule has 1 saturated heterocycles. The van der Waals surface area contributed by atoms with E-state index in [9.17, 15) is 0 Å². The number of para-hydroxylation sites is 1. The Labute approximate surface area is 150 Å². The van der Waals surface area contributed by atoms with Gasteiger partial charge in [0, 0.05) is 36.6 Å². The molecule has 5 heteroatoms. The number of likely N-dealkylation sites (tertiary alicyclic amines) is 1. The monoisotopic (exact) mass is 340 g/mol. The number of hydrogen-bond donors (Lipinski definition) is 1. The van der Waals surface area contributed by atoms with Gasteiger partial charge in [0.15, 0.2) is 5.82 Å². The summed E-state index contributed by atoms with van der Waals surface area (Å²) in [5.41, 5.74) is 2.04. The van der Waals surface area contributed by atoms with Gasteiger partial charge in [-0.3, -0.25) is 0 Å². The summed E-state index contributed by atoms with van der Waals surface area (Å²) in [6.07, 6.45) is 6.23. The Kier molecular flexibility index (Phi) is 6.00. The first-order valence-electron chi connectivity index (χ1n) is 9.09. The van der Waals surface area contributed by atoms with Crippen LogP contribution in [0, 0.1) is 0 Å². The first-order chi connectivity index (χ1) is 12.2. The van der Waals surface area contributed by atoms with Gasteiger partial charge in [0.2, 0.25) is 0 Å². The van der Waals surface area contributed by atoms with Gasteiger partial charge in [-0.25, -0.2) is 9.97 Å². The van der Waals surface area contributed by atoms with Gasteiger partial charge in [0.25, 0.3) is 0 Å². The highest BCUT2D eigenvalue weighted by atomic mass is 16.5. The van der Waals surface area contributed by atoms with Gasteiger partial charge in [0.05, 0.1) is 12.7 Å². The van der Waals surface area contributed by atoms with Crippen LogP contribution in [0.25, 0.3) is 11.4 Å². The molecule has 0 amide bonds. The fraction of sp³-hybridized carbons (Fsp3) is 0.500. The van der Waals surface area contributed by atoms with E-state index in [2.05, 4.69) is 34.0 Å². The molecule has 3 rings (SSSR count). The molecule has 0 radical (unpaired) electrons. The third-order valence-corrected chi connectivity index (χ3v) is 4.91. The number of hydrogen-bond acceptors (Lipinski definition) is 5. The highest BCUT2D eigenvalue weighted by Gasteiger charge is 2.20. The van der Waals surface area contributed by atoms with Crippen LogP contribution >= 0.6 is 0 Å². The van der Waals surface area contributed by atoms with E-state index in [1.54, 1.807) is 7.11 Å². The van der Waals surface area contributed by atoms with Crippen molar-refractivity contribution in [3.63, 3.8) is 0 Å². The van der Waals surface area contributed by atoms with Gasteiger partial charge in [0.1, 0.15) is 5.75 Å². The minimum absolute atomic E-state index is 0.587. The lowest BCUT2D eigenvalue weighted by Gasteiger charge is -2.35. The molecular formula is C20H28N4O. The third kappa shape index (κ3) is 4.55. The average Bonchev–Trinajstić information content (AvgIpc) is 2.67. The zero-order valence-electron chi connectivity index (χ0n) is 15.4. The summed E-state index contributed by atoms with van der Waals surface area (Å²) in [7, 11) is 1.67. The zero-order chi connectivity index (χ0) is 17.6. The van der Waals surface area contributed by atoms with Gasteiger partial charge in [-0.1, -0.05) is 12.1 Å². The molecule has 2 aromatic rings. The van der Waals surface area contributed by atoms with Crippen LogP contribution in [0.15, 0.2) is 36.7 Å². The number of nitrogens with zero attached hydrogens (tertiary/aromatic N) is 3. The number of ether oxygens (including phenoxy) is 1. The van der Waals surface area contributed by atoms with E-state index in [0.717, 1.165) is 23.4 Å². The van der Waals surface area contributed by atoms with Gasteiger partial charge < -0.3 is 15.0 Å². The first-order valence-corrected chi connectivity index (χ1v) is 9.09.